The van der Waals surface area contributed by atoms with Gasteiger partial charge in [-0.25, -0.2) is 4.98 Å². The molecule has 0 amide bonds. The van der Waals surface area contributed by atoms with Gasteiger partial charge in [0.1, 0.15) is 5.82 Å². The molecule has 1 unspecified atom stereocenters. The van der Waals surface area contributed by atoms with Crippen molar-refractivity contribution in [3.05, 3.63) is 28.3 Å². The van der Waals surface area contributed by atoms with Crippen LogP contribution in [-0.4, -0.2) is 9.97 Å². The summed E-state index contributed by atoms with van der Waals surface area (Å²) in [4.78, 5) is 7.68. The number of imidazole rings is 1. The minimum atomic E-state index is -0.0407. The first-order chi connectivity index (χ1) is 6.68. The van der Waals surface area contributed by atoms with E-state index in [9.17, 15) is 0 Å². The maximum absolute atomic E-state index is 5.76. The van der Waals surface area contributed by atoms with Gasteiger partial charge in [0.25, 0.3) is 0 Å². The highest BCUT2D eigenvalue weighted by Gasteiger charge is 2.11. The van der Waals surface area contributed by atoms with Crippen LogP contribution in [0.2, 0.25) is 0 Å². The third kappa shape index (κ3) is 1.58. The summed E-state index contributed by atoms with van der Waals surface area (Å²) in [7, 11) is 0. The zero-order valence-corrected chi connectivity index (χ0v) is 9.06. The van der Waals surface area contributed by atoms with Gasteiger partial charge in [-0.05, 0) is 25.3 Å². The molecule has 74 valence electrons. The second-order valence-electron chi connectivity index (χ2n) is 3.40. The number of aryl methyl sites for hydroxylation is 1. The highest BCUT2D eigenvalue weighted by Crippen LogP contribution is 2.24. The molecule has 2 rings (SSSR count). The Morgan fingerprint density at radius 1 is 1.57 bits per heavy atom. The number of aromatic amines is 1. The molecule has 0 aromatic carbocycles. The Morgan fingerprint density at radius 2 is 2.36 bits per heavy atom. The fourth-order valence-electron chi connectivity index (χ4n) is 1.38. The van der Waals surface area contributed by atoms with E-state index < -0.39 is 0 Å². The van der Waals surface area contributed by atoms with E-state index in [2.05, 4.69) is 26.8 Å². The summed E-state index contributed by atoms with van der Waals surface area (Å²) in [5.41, 5.74) is 9.01. The Labute approximate surface area is 87.0 Å². The number of nitrogens with zero attached hydrogens (tertiary/aromatic N) is 1. The molecule has 2 heterocycles. The number of nitrogens with two attached hydrogens (primary N) is 1. The molecule has 0 bridgehead atoms. The lowest BCUT2D eigenvalue weighted by Gasteiger charge is -1.97. The number of hydrogen-bond acceptors (Lipinski definition) is 3. The van der Waals surface area contributed by atoms with E-state index in [1.807, 2.05) is 13.8 Å². The average molecular weight is 207 g/mol. The van der Waals surface area contributed by atoms with Crippen LogP contribution in [-0.2, 0) is 0 Å². The summed E-state index contributed by atoms with van der Waals surface area (Å²) in [5.74, 6) is 0.851. The van der Waals surface area contributed by atoms with Crippen LogP contribution < -0.4 is 5.73 Å². The van der Waals surface area contributed by atoms with E-state index in [1.54, 1.807) is 11.3 Å². The number of rotatable bonds is 2. The number of aromatic nitrogens is 2. The molecule has 0 radical (unpaired) electrons. The van der Waals surface area contributed by atoms with Gasteiger partial charge in [0.05, 0.1) is 11.7 Å². The summed E-state index contributed by atoms with van der Waals surface area (Å²) >= 11 is 1.68. The van der Waals surface area contributed by atoms with Crippen molar-refractivity contribution in [1.29, 1.82) is 0 Å². The number of H-pyrrole nitrogens is 1. The predicted molar refractivity (Wildman–Crippen MR) is 59.2 cm³/mol. The minimum absolute atomic E-state index is 0.0407. The molecule has 14 heavy (non-hydrogen) atoms. The van der Waals surface area contributed by atoms with Crippen molar-refractivity contribution in [2.45, 2.75) is 19.9 Å². The Morgan fingerprint density at radius 3 is 2.86 bits per heavy atom. The van der Waals surface area contributed by atoms with E-state index in [4.69, 9.17) is 5.73 Å². The smallest absolute Gasteiger partial charge is 0.123 e. The van der Waals surface area contributed by atoms with Crippen LogP contribution >= 0.6 is 11.3 Å². The van der Waals surface area contributed by atoms with Crippen LogP contribution in [0.15, 0.2) is 16.8 Å². The average Bonchev–Trinajstić information content (AvgIpc) is 2.71. The van der Waals surface area contributed by atoms with Crippen LogP contribution in [0.1, 0.15) is 24.5 Å². The van der Waals surface area contributed by atoms with Crippen LogP contribution in [0.3, 0.4) is 0 Å². The highest BCUT2D eigenvalue weighted by atomic mass is 32.1. The molecule has 0 saturated carbocycles. The van der Waals surface area contributed by atoms with E-state index in [0.29, 0.717) is 0 Å². The third-order valence-corrected chi connectivity index (χ3v) is 2.81. The number of hydrogen-bond donors (Lipinski definition) is 2. The minimum Gasteiger partial charge on any atom is -0.344 e. The Hall–Kier alpha value is -1.13. The Kier molecular flexibility index (Phi) is 2.39. The molecule has 0 saturated heterocycles. The standard InChI is InChI=1S/C10H13N3S/c1-6(11)10-12-7(2)9(13-10)8-3-4-14-5-8/h3-6H,11H2,1-2H3,(H,12,13). The Bertz CT molecular complexity index is 415. The van der Waals surface area contributed by atoms with Crippen LogP contribution in [0.4, 0.5) is 0 Å². The van der Waals surface area contributed by atoms with Gasteiger partial charge < -0.3 is 10.7 Å². The monoisotopic (exact) mass is 207 g/mol. The van der Waals surface area contributed by atoms with Gasteiger partial charge in [-0.3, -0.25) is 0 Å². The molecule has 2 aromatic rings. The number of thiophene rings is 1. The topological polar surface area (TPSA) is 54.7 Å². The van der Waals surface area contributed by atoms with Crippen LogP contribution in [0.25, 0.3) is 11.3 Å². The molecule has 0 aliphatic rings. The maximum Gasteiger partial charge on any atom is 0.123 e. The molecule has 0 aliphatic carbocycles. The first-order valence-corrected chi connectivity index (χ1v) is 5.47. The van der Waals surface area contributed by atoms with Gasteiger partial charge in [0.2, 0.25) is 0 Å². The van der Waals surface area contributed by atoms with Crippen molar-refractivity contribution in [3.8, 4) is 11.3 Å². The zero-order chi connectivity index (χ0) is 10.1. The summed E-state index contributed by atoms with van der Waals surface area (Å²) in [5, 5.41) is 4.14. The Balaban J connectivity index is 2.45. The van der Waals surface area contributed by atoms with Crippen molar-refractivity contribution in [2.24, 2.45) is 5.73 Å². The van der Waals surface area contributed by atoms with Crippen LogP contribution in [0.5, 0.6) is 0 Å². The molecule has 1 atom stereocenters. The molecule has 0 fully saturated rings. The van der Waals surface area contributed by atoms with E-state index in [0.717, 1.165) is 22.8 Å². The highest BCUT2D eigenvalue weighted by molar-refractivity contribution is 7.08. The molecule has 4 heteroatoms. The van der Waals surface area contributed by atoms with Gasteiger partial charge >= 0.3 is 0 Å². The van der Waals surface area contributed by atoms with Gasteiger partial charge in [-0.2, -0.15) is 11.3 Å². The van der Waals surface area contributed by atoms with Gasteiger partial charge in [0, 0.05) is 16.6 Å². The quantitative estimate of drug-likeness (QED) is 0.794. The van der Waals surface area contributed by atoms with Crippen molar-refractivity contribution in [3.63, 3.8) is 0 Å². The van der Waals surface area contributed by atoms with E-state index >= 15 is 0 Å². The second kappa shape index (κ2) is 3.55. The number of nitrogens with one attached hydrogen (secondary N) is 1. The molecular formula is C10H13N3S. The normalized spacial score (nSPS) is 13.1. The second-order valence-corrected chi connectivity index (χ2v) is 4.18. The molecule has 3 nitrogen and oxygen atoms in total. The fraction of sp³-hybridized carbons (Fsp3) is 0.300. The summed E-state index contributed by atoms with van der Waals surface area (Å²) in [6.45, 7) is 3.95. The molecular weight excluding hydrogens is 194 g/mol. The SMILES string of the molecule is Cc1[nH]c(C(C)N)nc1-c1ccsc1. The molecule has 0 spiro atoms. The van der Waals surface area contributed by atoms with Gasteiger partial charge in [-0.1, -0.05) is 0 Å². The third-order valence-electron chi connectivity index (χ3n) is 2.13. The van der Waals surface area contributed by atoms with Gasteiger partial charge in [0.15, 0.2) is 0 Å². The maximum atomic E-state index is 5.76. The van der Waals surface area contributed by atoms with Crippen LogP contribution in [0, 0.1) is 6.92 Å². The lowest BCUT2D eigenvalue weighted by Crippen LogP contribution is -2.06. The van der Waals surface area contributed by atoms with E-state index in [1.165, 1.54) is 0 Å². The summed E-state index contributed by atoms with van der Waals surface area (Å²) < 4.78 is 0. The predicted octanol–water partition coefficient (Wildman–Crippen LogP) is 2.47. The lowest BCUT2D eigenvalue weighted by atomic mass is 10.2. The van der Waals surface area contributed by atoms with Crippen molar-refractivity contribution < 1.29 is 0 Å². The molecule has 2 aromatic heterocycles. The first kappa shape index (κ1) is 9.43. The summed E-state index contributed by atoms with van der Waals surface area (Å²) in [6.07, 6.45) is 0. The van der Waals surface area contributed by atoms with Crippen molar-refractivity contribution in [1.82, 2.24) is 9.97 Å². The van der Waals surface area contributed by atoms with E-state index in [-0.39, 0.29) is 6.04 Å². The fourth-order valence-corrected chi connectivity index (χ4v) is 2.02. The molecule has 0 aliphatic heterocycles. The first-order valence-electron chi connectivity index (χ1n) is 4.53. The molecule has 3 N–H and O–H groups in total. The lowest BCUT2D eigenvalue weighted by molar-refractivity contribution is 0.754. The van der Waals surface area contributed by atoms with Crippen molar-refractivity contribution in [2.75, 3.05) is 0 Å². The zero-order valence-electron chi connectivity index (χ0n) is 8.24. The largest absolute Gasteiger partial charge is 0.344 e. The van der Waals surface area contributed by atoms with Gasteiger partial charge in [-0.15, -0.1) is 0 Å². The summed E-state index contributed by atoms with van der Waals surface area (Å²) in [6, 6.07) is 2.03. The van der Waals surface area contributed by atoms with Crippen molar-refractivity contribution >= 4 is 11.3 Å².